The number of piperidine rings is 2. The van der Waals surface area contributed by atoms with Gasteiger partial charge in [-0.25, -0.2) is 13.9 Å². The molecule has 3 heterocycles. The van der Waals surface area contributed by atoms with Gasteiger partial charge in [-0.05, 0) is 85.3 Å². The Balaban J connectivity index is 1.22. The zero-order valence-electron chi connectivity index (χ0n) is 23.8. The predicted molar refractivity (Wildman–Crippen MR) is 155 cm³/mol. The van der Waals surface area contributed by atoms with Gasteiger partial charge in [0.25, 0.3) is 0 Å². The fraction of sp³-hybridized carbons (Fsp3) is 0.500. The van der Waals surface area contributed by atoms with Crippen LogP contribution >= 0.6 is 0 Å². The molecule has 0 bridgehead atoms. The van der Waals surface area contributed by atoms with E-state index in [1.807, 2.05) is 36.4 Å². The molecule has 0 saturated carbocycles. The smallest absolute Gasteiger partial charge is 0.319 e. The van der Waals surface area contributed by atoms with Crippen LogP contribution in [0.4, 0.5) is 14.9 Å². The van der Waals surface area contributed by atoms with E-state index in [2.05, 4.69) is 36.0 Å². The Hall–Kier alpha value is -3.70. The van der Waals surface area contributed by atoms with Crippen molar-refractivity contribution in [2.45, 2.75) is 38.6 Å². The van der Waals surface area contributed by atoms with Gasteiger partial charge < -0.3 is 15.5 Å². The second-order valence-electron chi connectivity index (χ2n) is 11.5. The molecule has 10 nitrogen and oxygen atoms in total. The maximum Gasteiger partial charge on any atom is 0.319 e. The van der Waals surface area contributed by atoms with Crippen LogP contribution < -0.4 is 10.6 Å². The van der Waals surface area contributed by atoms with Gasteiger partial charge in [-0.2, -0.15) is 0 Å². The average molecular weight is 563 g/mol. The number of amides is 2. The normalized spacial score (nSPS) is 21.9. The van der Waals surface area contributed by atoms with Crippen LogP contribution in [0.3, 0.4) is 0 Å². The van der Waals surface area contributed by atoms with Gasteiger partial charge in [-0.3, -0.25) is 9.69 Å². The molecular weight excluding hydrogens is 523 g/mol. The van der Waals surface area contributed by atoms with E-state index in [9.17, 15) is 14.0 Å². The molecule has 11 heteroatoms. The summed E-state index contributed by atoms with van der Waals surface area (Å²) in [6.07, 6.45) is 3.99. The first-order valence-corrected chi connectivity index (χ1v) is 14.4. The molecule has 41 heavy (non-hydrogen) atoms. The fourth-order valence-electron chi connectivity index (χ4n) is 6.26. The molecule has 3 atom stereocenters. The molecule has 0 unspecified atom stereocenters. The molecule has 0 aliphatic carbocycles. The van der Waals surface area contributed by atoms with Crippen LogP contribution in [-0.2, 0) is 18.3 Å². The van der Waals surface area contributed by atoms with Crippen molar-refractivity contribution in [2.24, 2.45) is 18.9 Å². The lowest BCUT2D eigenvalue weighted by atomic mass is 9.88. The predicted octanol–water partition coefficient (Wildman–Crippen LogP) is 3.37. The average Bonchev–Trinajstić information content (AvgIpc) is 3.37. The van der Waals surface area contributed by atoms with E-state index in [0.717, 1.165) is 64.0 Å². The van der Waals surface area contributed by atoms with E-state index in [-0.39, 0.29) is 29.6 Å². The number of tetrazole rings is 1. The fourth-order valence-corrected chi connectivity index (χ4v) is 6.26. The van der Waals surface area contributed by atoms with E-state index < -0.39 is 0 Å². The van der Waals surface area contributed by atoms with E-state index in [4.69, 9.17) is 0 Å². The van der Waals surface area contributed by atoms with Gasteiger partial charge in [0.05, 0.1) is 6.54 Å². The summed E-state index contributed by atoms with van der Waals surface area (Å²) in [4.78, 5) is 29.7. The molecule has 2 amide bonds. The standard InChI is InChI=1S/C30H39FN8O2/c1-21(40)17-39-14-12-28(33-30(41)32-27-7-3-6-24(16-27)29-34-35-36-37(29)2)25(20-39)19-38-13-4-5-23(18-38)15-22-8-10-26(31)11-9-22/h3,6-11,16,23,25,28H,4-5,12-15,17-20H2,1-2H3,(H2,32,33,41)/t23-,25+,28+/m0/s1. The Morgan fingerprint density at radius 3 is 2.63 bits per heavy atom. The molecule has 2 saturated heterocycles. The Kier molecular flexibility index (Phi) is 9.35. The largest absolute Gasteiger partial charge is 0.335 e. The number of aromatic nitrogens is 4. The topological polar surface area (TPSA) is 108 Å². The van der Waals surface area contributed by atoms with Crippen molar-refractivity contribution in [3.63, 3.8) is 0 Å². The molecule has 2 aliphatic heterocycles. The molecule has 5 rings (SSSR count). The molecule has 218 valence electrons. The highest BCUT2D eigenvalue weighted by atomic mass is 19.1. The minimum atomic E-state index is -0.249. The first-order chi connectivity index (χ1) is 19.8. The lowest BCUT2D eigenvalue weighted by Crippen LogP contribution is -2.56. The molecule has 1 aromatic heterocycles. The Labute approximate surface area is 240 Å². The second kappa shape index (κ2) is 13.3. The van der Waals surface area contributed by atoms with Gasteiger partial charge in [0.1, 0.15) is 11.6 Å². The minimum absolute atomic E-state index is 0.0122. The zero-order valence-corrected chi connectivity index (χ0v) is 23.8. The van der Waals surface area contributed by atoms with Gasteiger partial charge in [0, 0.05) is 56.4 Å². The van der Waals surface area contributed by atoms with Crippen molar-refractivity contribution in [2.75, 3.05) is 44.6 Å². The summed E-state index contributed by atoms with van der Waals surface area (Å²) in [5, 5.41) is 17.8. The van der Waals surface area contributed by atoms with Crippen LogP contribution in [0, 0.1) is 17.7 Å². The highest BCUT2D eigenvalue weighted by molar-refractivity contribution is 5.90. The van der Waals surface area contributed by atoms with Crippen molar-refractivity contribution in [3.8, 4) is 11.4 Å². The quantitative estimate of drug-likeness (QED) is 0.412. The molecular formula is C30H39FN8O2. The van der Waals surface area contributed by atoms with Gasteiger partial charge in [-0.1, -0.05) is 24.3 Å². The number of carbonyl (C=O) groups is 2. The number of likely N-dealkylation sites (tertiary alicyclic amines) is 2. The van der Waals surface area contributed by atoms with Crippen molar-refractivity contribution >= 4 is 17.5 Å². The molecule has 0 radical (unpaired) electrons. The van der Waals surface area contributed by atoms with E-state index in [0.29, 0.717) is 24.0 Å². The number of nitrogens with one attached hydrogen (secondary N) is 2. The van der Waals surface area contributed by atoms with Crippen LogP contribution in [0.5, 0.6) is 0 Å². The maximum atomic E-state index is 13.4. The number of benzene rings is 2. The van der Waals surface area contributed by atoms with E-state index in [1.54, 1.807) is 18.7 Å². The van der Waals surface area contributed by atoms with Crippen LogP contribution in [-0.4, -0.2) is 87.1 Å². The number of hydrogen-bond acceptors (Lipinski definition) is 7. The monoisotopic (exact) mass is 562 g/mol. The number of nitrogens with zero attached hydrogens (tertiary/aromatic N) is 6. The van der Waals surface area contributed by atoms with E-state index >= 15 is 0 Å². The summed E-state index contributed by atoms with van der Waals surface area (Å²) in [5.74, 6) is 1.27. The van der Waals surface area contributed by atoms with Crippen molar-refractivity contribution < 1.29 is 14.0 Å². The highest BCUT2D eigenvalue weighted by Gasteiger charge is 2.33. The zero-order chi connectivity index (χ0) is 28.8. The number of ketones is 1. The number of hydrogen-bond donors (Lipinski definition) is 2. The summed E-state index contributed by atoms with van der Waals surface area (Å²) in [6.45, 7) is 6.44. The number of rotatable bonds is 9. The number of aryl methyl sites for hydroxylation is 1. The summed E-state index contributed by atoms with van der Waals surface area (Å²) in [6, 6.07) is 14.0. The first kappa shape index (κ1) is 28.8. The van der Waals surface area contributed by atoms with Gasteiger partial charge in [-0.15, -0.1) is 5.10 Å². The Morgan fingerprint density at radius 1 is 1.05 bits per heavy atom. The number of halogens is 1. The third-order valence-corrected chi connectivity index (χ3v) is 8.11. The summed E-state index contributed by atoms with van der Waals surface area (Å²) >= 11 is 0. The molecule has 2 aliphatic rings. The SMILES string of the molecule is CC(=O)CN1CC[C@@H](NC(=O)Nc2cccc(-c3nnnn3C)c2)[C@H](CN2CCC[C@@H](Cc3ccc(F)cc3)C2)C1. The number of Topliss-reactive ketones (excluding diaryl/α,β-unsaturated/α-hetero) is 1. The second-order valence-corrected chi connectivity index (χ2v) is 11.5. The molecule has 2 aromatic carbocycles. The highest BCUT2D eigenvalue weighted by Crippen LogP contribution is 2.25. The van der Waals surface area contributed by atoms with Crippen LogP contribution in [0.1, 0.15) is 31.7 Å². The van der Waals surface area contributed by atoms with Gasteiger partial charge >= 0.3 is 6.03 Å². The van der Waals surface area contributed by atoms with Gasteiger partial charge in [0.15, 0.2) is 5.82 Å². The first-order valence-electron chi connectivity index (χ1n) is 14.4. The van der Waals surface area contributed by atoms with Crippen LogP contribution in [0.2, 0.25) is 0 Å². The summed E-state index contributed by atoms with van der Waals surface area (Å²) in [5.41, 5.74) is 2.64. The van der Waals surface area contributed by atoms with Crippen molar-refractivity contribution in [1.82, 2.24) is 35.3 Å². The summed E-state index contributed by atoms with van der Waals surface area (Å²) in [7, 11) is 1.77. The van der Waals surface area contributed by atoms with Crippen molar-refractivity contribution in [1.29, 1.82) is 0 Å². The van der Waals surface area contributed by atoms with Gasteiger partial charge in [0.2, 0.25) is 0 Å². The van der Waals surface area contributed by atoms with E-state index in [1.165, 1.54) is 17.7 Å². The molecule has 2 fully saturated rings. The summed E-state index contributed by atoms with van der Waals surface area (Å²) < 4.78 is 14.9. The molecule has 0 spiro atoms. The Morgan fingerprint density at radius 2 is 1.88 bits per heavy atom. The lowest BCUT2D eigenvalue weighted by Gasteiger charge is -2.42. The maximum absolute atomic E-state index is 13.4. The lowest BCUT2D eigenvalue weighted by molar-refractivity contribution is -0.118. The third-order valence-electron chi connectivity index (χ3n) is 8.11. The number of anilines is 1. The molecule has 3 aromatic rings. The Bertz CT molecular complexity index is 1330. The number of carbonyl (C=O) groups excluding carboxylic acids is 2. The van der Waals surface area contributed by atoms with Crippen molar-refractivity contribution in [3.05, 3.63) is 59.9 Å². The van der Waals surface area contributed by atoms with Crippen LogP contribution in [0.25, 0.3) is 11.4 Å². The third kappa shape index (κ3) is 7.95. The minimum Gasteiger partial charge on any atom is -0.335 e. The van der Waals surface area contributed by atoms with Crippen LogP contribution in [0.15, 0.2) is 48.5 Å². The number of urea groups is 1. The molecule has 2 N–H and O–H groups in total.